The van der Waals surface area contributed by atoms with Crippen molar-refractivity contribution in [1.82, 2.24) is 9.88 Å². The lowest BCUT2D eigenvalue weighted by Crippen LogP contribution is -2.65. The molecular weight excluding hydrogens is 430 g/mol. The second kappa shape index (κ2) is 8.32. The zero-order chi connectivity index (χ0) is 23.3. The number of fused-ring (bicyclic) bond motifs is 3. The van der Waals surface area contributed by atoms with E-state index in [4.69, 9.17) is 0 Å². The van der Waals surface area contributed by atoms with Gasteiger partial charge in [-0.2, -0.15) is 0 Å². The number of aromatic nitrogens is 1. The van der Waals surface area contributed by atoms with E-state index in [2.05, 4.69) is 29.8 Å². The highest BCUT2D eigenvalue weighted by atomic mass is 32.1. The summed E-state index contributed by atoms with van der Waals surface area (Å²) in [7, 11) is 0. The molecule has 5 rings (SSSR count). The number of hydrogen-bond acceptors (Lipinski definition) is 3. The van der Waals surface area contributed by atoms with Crippen LogP contribution in [0.15, 0.2) is 36.4 Å². The molecule has 0 saturated heterocycles. The van der Waals surface area contributed by atoms with E-state index in [0.29, 0.717) is 12.2 Å². The summed E-state index contributed by atoms with van der Waals surface area (Å²) in [4.78, 5) is 31.0. The van der Waals surface area contributed by atoms with Gasteiger partial charge in [-0.05, 0) is 75.6 Å². The first-order valence-corrected chi connectivity index (χ1v) is 13.0. The van der Waals surface area contributed by atoms with Gasteiger partial charge in [0, 0.05) is 16.6 Å². The van der Waals surface area contributed by atoms with E-state index in [-0.39, 0.29) is 17.9 Å². The molecule has 0 spiro atoms. The van der Waals surface area contributed by atoms with Crippen molar-refractivity contribution < 1.29 is 9.59 Å². The van der Waals surface area contributed by atoms with Crippen molar-refractivity contribution in [2.24, 2.45) is 5.92 Å². The Hall–Kier alpha value is -2.60. The summed E-state index contributed by atoms with van der Waals surface area (Å²) in [5.41, 5.74) is 2.52. The smallest absolute Gasteiger partial charge is 0.275 e. The molecule has 6 heteroatoms. The van der Waals surface area contributed by atoms with Crippen LogP contribution in [-0.2, 0) is 17.8 Å². The molecule has 174 valence electrons. The number of nitrogens with zero attached hydrogens (tertiary/aromatic N) is 2. The van der Waals surface area contributed by atoms with Gasteiger partial charge in [0.05, 0.1) is 16.8 Å². The molecule has 0 bridgehead atoms. The average molecular weight is 464 g/mol. The normalized spacial score (nSPS) is 25.3. The van der Waals surface area contributed by atoms with Crippen molar-refractivity contribution in [3.63, 3.8) is 0 Å². The van der Waals surface area contributed by atoms with Gasteiger partial charge in [0.2, 0.25) is 5.91 Å². The van der Waals surface area contributed by atoms with Crippen LogP contribution in [0.3, 0.4) is 0 Å². The third kappa shape index (κ3) is 3.68. The predicted octanol–water partition coefficient (Wildman–Crippen LogP) is 5.69. The molecule has 0 radical (unpaired) electrons. The highest BCUT2D eigenvalue weighted by Gasteiger charge is 2.49. The number of para-hydroxylation sites is 1. The van der Waals surface area contributed by atoms with Crippen molar-refractivity contribution in [3.05, 3.63) is 52.5 Å². The Morgan fingerprint density at radius 1 is 1.18 bits per heavy atom. The summed E-state index contributed by atoms with van der Waals surface area (Å²) in [5.74, 6) is 0.555. The Labute approximate surface area is 199 Å². The largest absolute Gasteiger partial charge is 0.351 e. The van der Waals surface area contributed by atoms with Gasteiger partial charge in [0.25, 0.3) is 5.91 Å². The van der Waals surface area contributed by atoms with Crippen LogP contribution in [0.2, 0.25) is 0 Å². The quantitative estimate of drug-likeness (QED) is 0.541. The topological polar surface area (TPSA) is 54.3 Å². The predicted molar refractivity (Wildman–Crippen MR) is 135 cm³/mol. The van der Waals surface area contributed by atoms with Crippen LogP contribution < -0.4 is 10.2 Å². The second-order valence-electron chi connectivity index (χ2n) is 10.1. The molecule has 2 amide bonds. The van der Waals surface area contributed by atoms with E-state index in [0.717, 1.165) is 59.5 Å². The summed E-state index contributed by atoms with van der Waals surface area (Å²) < 4.78 is 3.19. The van der Waals surface area contributed by atoms with Crippen molar-refractivity contribution in [3.8, 4) is 0 Å². The van der Waals surface area contributed by atoms with Gasteiger partial charge in [-0.3, -0.25) is 14.5 Å². The van der Waals surface area contributed by atoms with Gasteiger partial charge < -0.3 is 9.88 Å². The van der Waals surface area contributed by atoms with Crippen molar-refractivity contribution in [2.45, 2.75) is 77.9 Å². The zero-order valence-corrected chi connectivity index (χ0v) is 20.8. The maximum Gasteiger partial charge on any atom is 0.275 e. The van der Waals surface area contributed by atoms with E-state index in [1.165, 1.54) is 4.88 Å². The number of thiophene rings is 1. The van der Waals surface area contributed by atoms with E-state index < -0.39 is 5.54 Å². The zero-order valence-electron chi connectivity index (χ0n) is 20.0. The van der Waals surface area contributed by atoms with E-state index in [9.17, 15) is 9.59 Å². The minimum atomic E-state index is -1.01. The Kier molecular flexibility index (Phi) is 5.60. The lowest BCUT2D eigenvalue weighted by Gasteiger charge is -2.45. The Morgan fingerprint density at radius 3 is 2.61 bits per heavy atom. The van der Waals surface area contributed by atoms with Gasteiger partial charge in [0.1, 0.15) is 11.2 Å². The van der Waals surface area contributed by atoms with E-state index in [1.807, 2.05) is 44.2 Å². The minimum Gasteiger partial charge on any atom is -0.351 e. The van der Waals surface area contributed by atoms with Crippen LogP contribution in [0.25, 0.3) is 10.2 Å². The molecular formula is C27H33N3O2S. The summed E-state index contributed by atoms with van der Waals surface area (Å²) in [5, 5.41) is 3.33. The van der Waals surface area contributed by atoms with Crippen molar-refractivity contribution in [2.75, 3.05) is 4.90 Å². The van der Waals surface area contributed by atoms with Crippen LogP contribution in [-0.4, -0.2) is 28.0 Å². The van der Waals surface area contributed by atoms with E-state index in [1.54, 1.807) is 16.2 Å². The third-order valence-corrected chi connectivity index (χ3v) is 8.78. The maximum atomic E-state index is 14.0. The highest BCUT2D eigenvalue weighted by molar-refractivity contribution is 7.19. The van der Waals surface area contributed by atoms with Gasteiger partial charge in [-0.15, -0.1) is 11.3 Å². The number of anilines is 1. The van der Waals surface area contributed by atoms with Gasteiger partial charge in [-0.1, -0.05) is 32.0 Å². The van der Waals surface area contributed by atoms with E-state index >= 15 is 0 Å². The lowest BCUT2D eigenvalue weighted by atomic mass is 9.86. The number of amides is 2. The number of benzene rings is 1. The standard InChI is InChI=1S/C27H33N3O2S/c1-5-20-14-22-24(33-20)15-23-25(31)30(21-9-7-6-8-18(21)3)27(4,16-29(22)23)26(32)28-19-12-10-17(2)11-13-19/h6-9,14-15,17,19H,5,10-13,16H2,1-4H3,(H,28,32). The fourth-order valence-corrected chi connectivity index (χ4v) is 6.48. The molecule has 1 aliphatic heterocycles. The molecule has 1 N–H and O–H groups in total. The van der Waals surface area contributed by atoms with Crippen molar-refractivity contribution >= 4 is 39.1 Å². The molecule has 1 atom stereocenters. The first-order valence-electron chi connectivity index (χ1n) is 12.1. The molecule has 33 heavy (non-hydrogen) atoms. The Morgan fingerprint density at radius 2 is 1.91 bits per heavy atom. The van der Waals surface area contributed by atoms with Crippen LogP contribution in [0.4, 0.5) is 5.69 Å². The molecule has 1 unspecified atom stereocenters. The van der Waals surface area contributed by atoms with Gasteiger partial charge >= 0.3 is 0 Å². The molecule has 5 nitrogen and oxygen atoms in total. The summed E-state index contributed by atoms with van der Waals surface area (Å²) in [6.45, 7) is 8.81. The molecule has 2 aromatic heterocycles. The van der Waals surface area contributed by atoms with Crippen LogP contribution >= 0.6 is 11.3 Å². The summed E-state index contributed by atoms with van der Waals surface area (Å²) in [6.07, 6.45) is 5.25. The summed E-state index contributed by atoms with van der Waals surface area (Å²) in [6, 6.07) is 12.2. The van der Waals surface area contributed by atoms with Gasteiger partial charge in [0.15, 0.2) is 0 Å². The molecule has 1 aromatic carbocycles. The third-order valence-electron chi connectivity index (χ3n) is 7.57. The molecule has 1 fully saturated rings. The molecule has 1 aliphatic carbocycles. The lowest BCUT2D eigenvalue weighted by molar-refractivity contribution is -0.127. The fraction of sp³-hybridized carbons (Fsp3) is 0.481. The first kappa shape index (κ1) is 22.2. The molecule has 2 aliphatic rings. The Bertz CT molecular complexity index is 1220. The average Bonchev–Trinajstić information content (AvgIpc) is 3.35. The molecule has 3 heterocycles. The van der Waals surface area contributed by atoms with Gasteiger partial charge in [-0.25, -0.2) is 0 Å². The number of nitrogens with one attached hydrogen (secondary N) is 1. The number of hydrogen-bond donors (Lipinski definition) is 1. The second-order valence-corrected chi connectivity index (χ2v) is 11.2. The van der Waals surface area contributed by atoms with Crippen LogP contribution in [0.5, 0.6) is 0 Å². The SMILES string of the molecule is CCc1cc2c(cc3n2CC(C)(C(=O)NC2CCC(C)CC2)N(c2ccccc2C)C3=O)s1. The number of aryl methyl sites for hydroxylation is 2. The first-order chi connectivity index (χ1) is 15.8. The number of carbonyl (C=O) groups is 2. The molecule has 1 saturated carbocycles. The van der Waals surface area contributed by atoms with Crippen molar-refractivity contribution in [1.29, 1.82) is 0 Å². The Balaban J connectivity index is 1.59. The number of carbonyl (C=O) groups excluding carboxylic acids is 2. The monoisotopic (exact) mass is 463 g/mol. The summed E-state index contributed by atoms with van der Waals surface area (Å²) >= 11 is 1.74. The maximum absolute atomic E-state index is 14.0. The highest BCUT2D eigenvalue weighted by Crippen LogP contribution is 2.39. The van der Waals surface area contributed by atoms with Crippen LogP contribution in [0, 0.1) is 12.8 Å². The minimum absolute atomic E-state index is 0.0582. The molecule has 3 aromatic rings. The fourth-order valence-electron chi connectivity index (χ4n) is 5.44. The number of rotatable bonds is 4. The van der Waals surface area contributed by atoms with Crippen LogP contribution in [0.1, 0.15) is 67.4 Å².